The van der Waals surface area contributed by atoms with Gasteiger partial charge >= 0.3 is 0 Å². The van der Waals surface area contributed by atoms with Crippen molar-refractivity contribution in [2.24, 2.45) is 5.92 Å². The maximum atomic E-state index is 12.5. The molecular weight excluding hydrogens is 314 g/mol. The number of piperidine rings is 1. The topological polar surface area (TPSA) is 42.7 Å². The summed E-state index contributed by atoms with van der Waals surface area (Å²) in [4.78, 5) is 14.4. The number of rotatable bonds is 5. The van der Waals surface area contributed by atoms with Crippen molar-refractivity contribution in [1.82, 2.24) is 4.90 Å². The molecule has 1 amide bonds. The monoisotopic (exact) mass is 341 g/mol. The molecule has 134 valence electrons. The van der Waals surface area contributed by atoms with E-state index in [1.807, 2.05) is 23.1 Å². The van der Waals surface area contributed by atoms with E-state index in [1.165, 1.54) is 12.0 Å². The van der Waals surface area contributed by atoms with Crippen LogP contribution in [0.15, 0.2) is 40.8 Å². The lowest BCUT2D eigenvalue weighted by Crippen LogP contribution is -2.38. The van der Waals surface area contributed by atoms with Crippen LogP contribution >= 0.6 is 0 Å². The van der Waals surface area contributed by atoms with E-state index < -0.39 is 0 Å². The number of furan rings is 1. The normalized spacial score (nSPS) is 17.8. The average molecular weight is 341 g/mol. The number of carbonyl (C=O) groups excluding carboxylic acids is 1. The van der Waals surface area contributed by atoms with Crippen molar-refractivity contribution in [3.63, 3.8) is 0 Å². The van der Waals surface area contributed by atoms with Crippen molar-refractivity contribution >= 4 is 5.91 Å². The Morgan fingerprint density at radius 3 is 2.68 bits per heavy atom. The molecule has 1 aromatic heterocycles. The standard InChI is InChI=1S/C21H27NO3/c1-15(2)17-6-8-18(9-7-17)24-14-19-10-11-20(25-19)21(23)22-12-4-5-16(3)13-22/h6-11,15-16H,4-5,12-14H2,1-3H3/t16-/m1/s1. The number of amides is 1. The SMILES string of the molecule is CC(C)c1ccc(OCc2ccc(C(=O)N3CCC[C@@H](C)C3)o2)cc1. The zero-order valence-corrected chi connectivity index (χ0v) is 15.3. The molecule has 4 heteroatoms. The van der Waals surface area contributed by atoms with Crippen LogP contribution in [0.1, 0.15) is 61.4 Å². The Morgan fingerprint density at radius 1 is 1.24 bits per heavy atom. The highest BCUT2D eigenvalue weighted by Crippen LogP contribution is 2.21. The van der Waals surface area contributed by atoms with Gasteiger partial charge < -0.3 is 14.1 Å². The summed E-state index contributed by atoms with van der Waals surface area (Å²) in [5, 5.41) is 0. The molecule has 3 rings (SSSR count). The maximum Gasteiger partial charge on any atom is 0.289 e. The van der Waals surface area contributed by atoms with Crippen LogP contribution < -0.4 is 4.74 Å². The predicted octanol–water partition coefficient (Wildman–Crippen LogP) is 4.85. The third-order valence-corrected chi connectivity index (χ3v) is 4.74. The van der Waals surface area contributed by atoms with Gasteiger partial charge in [-0.05, 0) is 54.5 Å². The Labute approximate surface area is 149 Å². The van der Waals surface area contributed by atoms with Gasteiger partial charge in [0, 0.05) is 13.1 Å². The van der Waals surface area contributed by atoms with E-state index in [0.29, 0.717) is 30.0 Å². The second-order valence-corrected chi connectivity index (χ2v) is 7.28. The minimum absolute atomic E-state index is 0.0147. The molecule has 0 unspecified atom stereocenters. The first-order chi connectivity index (χ1) is 12.0. The average Bonchev–Trinajstić information content (AvgIpc) is 3.08. The van der Waals surface area contributed by atoms with Gasteiger partial charge in [-0.2, -0.15) is 0 Å². The molecule has 0 aliphatic carbocycles. The summed E-state index contributed by atoms with van der Waals surface area (Å²) >= 11 is 0. The second kappa shape index (κ2) is 7.77. The third kappa shape index (κ3) is 4.44. The summed E-state index contributed by atoms with van der Waals surface area (Å²) in [7, 11) is 0. The first-order valence-corrected chi connectivity index (χ1v) is 9.13. The Kier molecular flexibility index (Phi) is 5.47. The molecule has 1 saturated heterocycles. The first kappa shape index (κ1) is 17.6. The number of benzene rings is 1. The van der Waals surface area contributed by atoms with Crippen molar-refractivity contribution in [2.75, 3.05) is 13.1 Å². The van der Waals surface area contributed by atoms with Crippen LogP contribution in [0, 0.1) is 5.92 Å². The molecular formula is C21H27NO3. The van der Waals surface area contributed by atoms with E-state index in [2.05, 4.69) is 32.9 Å². The van der Waals surface area contributed by atoms with E-state index in [-0.39, 0.29) is 5.91 Å². The molecule has 0 spiro atoms. The number of ether oxygens (including phenoxy) is 1. The molecule has 0 N–H and O–H groups in total. The van der Waals surface area contributed by atoms with Crippen LogP contribution in [-0.2, 0) is 6.61 Å². The van der Waals surface area contributed by atoms with Gasteiger partial charge in [0.1, 0.15) is 18.1 Å². The van der Waals surface area contributed by atoms with E-state index in [0.717, 1.165) is 25.3 Å². The molecule has 0 saturated carbocycles. The fourth-order valence-electron chi connectivity index (χ4n) is 3.20. The molecule has 2 heterocycles. The molecule has 25 heavy (non-hydrogen) atoms. The summed E-state index contributed by atoms with van der Waals surface area (Å²) < 4.78 is 11.5. The Morgan fingerprint density at radius 2 is 2.00 bits per heavy atom. The number of hydrogen-bond donors (Lipinski definition) is 0. The fourth-order valence-corrected chi connectivity index (χ4v) is 3.20. The number of carbonyl (C=O) groups is 1. The molecule has 1 aromatic carbocycles. The van der Waals surface area contributed by atoms with Crippen molar-refractivity contribution < 1.29 is 13.9 Å². The van der Waals surface area contributed by atoms with Gasteiger partial charge in [-0.3, -0.25) is 4.79 Å². The second-order valence-electron chi connectivity index (χ2n) is 7.28. The lowest BCUT2D eigenvalue weighted by molar-refractivity contribution is 0.0647. The lowest BCUT2D eigenvalue weighted by atomic mass is 10.0. The summed E-state index contributed by atoms with van der Waals surface area (Å²) in [6.45, 7) is 8.47. The van der Waals surface area contributed by atoms with Crippen molar-refractivity contribution in [3.8, 4) is 5.75 Å². The maximum absolute atomic E-state index is 12.5. The summed E-state index contributed by atoms with van der Waals surface area (Å²) in [5.41, 5.74) is 1.29. The first-order valence-electron chi connectivity index (χ1n) is 9.13. The van der Waals surface area contributed by atoms with Gasteiger partial charge in [-0.15, -0.1) is 0 Å². The smallest absolute Gasteiger partial charge is 0.289 e. The number of nitrogens with zero attached hydrogens (tertiary/aromatic N) is 1. The molecule has 1 fully saturated rings. The van der Waals surface area contributed by atoms with Crippen LogP contribution in [0.25, 0.3) is 0 Å². The molecule has 1 atom stereocenters. The molecule has 0 bridgehead atoms. The zero-order valence-electron chi connectivity index (χ0n) is 15.3. The highest BCUT2D eigenvalue weighted by Gasteiger charge is 2.24. The molecule has 0 radical (unpaired) electrons. The minimum Gasteiger partial charge on any atom is -0.486 e. The Bertz CT molecular complexity index is 702. The highest BCUT2D eigenvalue weighted by atomic mass is 16.5. The minimum atomic E-state index is -0.0147. The van der Waals surface area contributed by atoms with Gasteiger partial charge in [0.15, 0.2) is 5.76 Å². The van der Waals surface area contributed by atoms with E-state index >= 15 is 0 Å². The number of likely N-dealkylation sites (tertiary alicyclic amines) is 1. The van der Waals surface area contributed by atoms with Crippen molar-refractivity contribution in [2.45, 2.75) is 46.1 Å². The van der Waals surface area contributed by atoms with Gasteiger partial charge in [-0.1, -0.05) is 32.9 Å². The quantitative estimate of drug-likeness (QED) is 0.780. The van der Waals surface area contributed by atoms with E-state index in [1.54, 1.807) is 6.07 Å². The Hall–Kier alpha value is -2.23. The molecule has 4 nitrogen and oxygen atoms in total. The van der Waals surface area contributed by atoms with Crippen LogP contribution in [0.4, 0.5) is 0 Å². The van der Waals surface area contributed by atoms with Gasteiger partial charge in [0.25, 0.3) is 5.91 Å². The largest absolute Gasteiger partial charge is 0.486 e. The summed E-state index contributed by atoms with van der Waals surface area (Å²) in [6.07, 6.45) is 2.26. The zero-order chi connectivity index (χ0) is 17.8. The Balaban J connectivity index is 1.57. The molecule has 1 aliphatic heterocycles. The van der Waals surface area contributed by atoms with Crippen molar-refractivity contribution in [1.29, 1.82) is 0 Å². The van der Waals surface area contributed by atoms with Crippen molar-refractivity contribution in [3.05, 3.63) is 53.5 Å². The lowest BCUT2D eigenvalue weighted by Gasteiger charge is -2.30. The van der Waals surface area contributed by atoms with Gasteiger partial charge in [0.05, 0.1) is 0 Å². The van der Waals surface area contributed by atoms with Crippen LogP contribution in [0.5, 0.6) is 5.75 Å². The van der Waals surface area contributed by atoms with E-state index in [4.69, 9.17) is 9.15 Å². The molecule has 2 aromatic rings. The van der Waals surface area contributed by atoms with Gasteiger partial charge in [-0.25, -0.2) is 0 Å². The van der Waals surface area contributed by atoms with E-state index in [9.17, 15) is 4.79 Å². The van der Waals surface area contributed by atoms with Gasteiger partial charge in [0.2, 0.25) is 0 Å². The summed E-state index contributed by atoms with van der Waals surface area (Å²) in [6, 6.07) is 11.7. The molecule has 1 aliphatic rings. The van der Waals surface area contributed by atoms with Crippen LogP contribution in [0.2, 0.25) is 0 Å². The summed E-state index contributed by atoms with van der Waals surface area (Å²) in [5.74, 6) is 2.93. The fraction of sp³-hybridized carbons (Fsp3) is 0.476. The highest BCUT2D eigenvalue weighted by molar-refractivity contribution is 5.91. The van der Waals surface area contributed by atoms with Crippen LogP contribution in [-0.4, -0.2) is 23.9 Å². The number of hydrogen-bond acceptors (Lipinski definition) is 3. The van der Waals surface area contributed by atoms with Crippen LogP contribution in [0.3, 0.4) is 0 Å². The predicted molar refractivity (Wildman–Crippen MR) is 97.9 cm³/mol. The third-order valence-electron chi connectivity index (χ3n) is 4.74.